The summed E-state index contributed by atoms with van der Waals surface area (Å²) in [5.74, 6) is 1.59. The maximum Gasteiger partial charge on any atom is 0.234 e. The van der Waals surface area contributed by atoms with Crippen LogP contribution in [0.1, 0.15) is 32.6 Å². The number of hydrogen-bond acceptors (Lipinski definition) is 5. The summed E-state index contributed by atoms with van der Waals surface area (Å²) < 4.78 is 5.45. The van der Waals surface area contributed by atoms with Gasteiger partial charge in [-0.05, 0) is 39.2 Å². The molecular formula is C14H22N4O. The number of anilines is 1. The van der Waals surface area contributed by atoms with Crippen molar-refractivity contribution in [1.82, 2.24) is 15.3 Å². The molecule has 104 valence electrons. The second kappa shape index (κ2) is 5.74. The van der Waals surface area contributed by atoms with Crippen molar-refractivity contribution in [3.63, 3.8) is 0 Å². The number of nitrogens with one attached hydrogen (secondary N) is 1. The summed E-state index contributed by atoms with van der Waals surface area (Å²) in [7, 11) is 0. The molecule has 1 aromatic heterocycles. The Morgan fingerprint density at radius 3 is 3.11 bits per heavy atom. The summed E-state index contributed by atoms with van der Waals surface area (Å²) >= 11 is 0. The molecule has 1 aromatic rings. The van der Waals surface area contributed by atoms with Crippen molar-refractivity contribution in [3.8, 4) is 5.88 Å². The first-order valence-corrected chi connectivity index (χ1v) is 7.33. The third kappa shape index (κ3) is 2.66. The summed E-state index contributed by atoms with van der Waals surface area (Å²) in [6.07, 6.45) is 8.60. The summed E-state index contributed by atoms with van der Waals surface area (Å²) in [5.41, 5.74) is 0. The number of ether oxygens (including phenoxy) is 1. The minimum Gasteiger partial charge on any atom is -0.477 e. The van der Waals surface area contributed by atoms with Crippen molar-refractivity contribution in [3.05, 3.63) is 12.4 Å². The first-order valence-electron chi connectivity index (χ1n) is 7.33. The molecule has 2 atom stereocenters. The highest BCUT2D eigenvalue weighted by Gasteiger charge is 2.34. The minimum absolute atomic E-state index is 0.564. The van der Waals surface area contributed by atoms with E-state index in [-0.39, 0.29) is 0 Å². The quantitative estimate of drug-likeness (QED) is 0.893. The summed E-state index contributed by atoms with van der Waals surface area (Å²) in [6, 6.07) is 1.17. The maximum atomic E-state index is 5.45. The van der Waals surface area contributed by atoms with Gasteiger partial charge in [-0.1, -0.05) is 0 Å². The van der Waals surface area contributed by atoms with Crippen molar-refractivity contribution >= 4 is 5.82 Å². The SMILES string of the molecule is CCOc1cncc(N2CCCC2C2CCCN2)n1. The van der Waals surface area contributed by atoms with Crippen molar-refractivity contribution < 1.29 is 4.74 Å². The topological polar surface area (TPSA) is 50.3 Å². The molecule has 5 heteroatoms. The molecule has 0 aliphatic carbocycles. The zero-order valence-electron chi connectivity index (χ0n) is 11.5. The average Bonchev–Trinajstić information content (AvgIpc) is 3.10. The predicted molar refractivity (Wildman–Crippen MR) is 74.6 cm³/mol. The molecule has 0 amide bonds. The van der Waals surface area contributed by atoms with E-state index in [2.05, 4.69) is 20.2 Å². The molecule has 2 unspecified atom stereocenters. The van der Waals surface area contributed by atoms with E-state index in [0.29, 0.717) is 24.6 Å². The molecule has 2 saturated heterocycles. The lowest BCUT2D eigenvalue weighted by Gasteiger charge is -2.30. The first-order chi connectivity index (χ1) is 9.38. The van der Waals surface area contributed by atoms with Gasteiger partial charge in [-0.15, -0.1) is 0 Å². The lowest BCUT2D eigenvalue weighted by atomic mass is 10.0. The Bertz CT molecular complexity index is 420. The average molecular weight is 262 g/mol. The predicted octanol–water partition coefficient (Wildman–Crippen LogP) is 1.60. The van der Waals surface area contributed by atoms with Gasteiger partial charge in [0.15, 0.2) is 5.82 Å². The van der Waals surface area contributed by atoms with Crippen molar-refractivity contribution in [2.75, 3.05) is 24.6 Å². The number of nitrogens with zero attached hydrogens (tertiary/aromatic N) is 3. The summed E-state index contributed by atoms with van der Waals surface area (Å²) in [6.45, 7) is 4.83. The lowest BCUT2D eigenvalue weighted by molar-refractivity contribution is 0.325. The van der Waals surface area contributed by atoms with Gasteiger partial charge in [0.2, 0.25) is 5.88 Å². The van der Waals surface area contributed by atoms with Crippen LogP contribution in [-0.2, 0) is 0 Å². The number of rotatable bonds is 4. The molecule has 0 bridgehead atoms. The molecule has 2 aliphatic rings. The normalized spacial score (nSPS) is 26.9. The fraction of sp³-hybridized carbons (Fsp3) is 0.714. The third-order valence-corrected chi connectivity index (χ3v) is 4.05. The largest absolute Gasteiger partial charge is 0.477 e. The van der Waals surface area contributed by atoms with E-state index in [4.69, 9.17) is 4.74 Å². The molecule has 0 saturated carbocycles. The van der Waals surface area contributed by atoms with Gasteiger partial charge >= 0.3 is 0 Å². The second-order valence-corrected chi connectivity index (χ2v) is 5.25. The van der Waals surface area contributed by atoms with E-state index >= 15 is 0 Å². The van der Waals surface area contributed by atoms with Gasteiger partial charge in [0, 0.05) is 18.6 Å². The molecule has 3 rings (SSSR count). The minimum atomic E-state index is 0.564. The van der Waals surface area contributed by atoms with E-state index in [0.717, 1.165) is 18.9 Å². The zero-order chi connectivity index (χ0) is 13.1. The van der Waals surface area contributed by atoms with Crippen LogP contribution >= 0.6 is 0 Å². The number of aromatic nitrogens is 2. The van der Waals surface area contributed by atoms with Gasteiger partial charge in [0.25, 0.3) is 0 Å². The molecular weight excluding hydrogens is 240 g/mol. The van der Waals surface area contributed by atoms with Gasteiger partial charge in [-0.3, -0.25) is 4.98 Å². The van der Waals surface area contributed by atoms with Crippen molar-refractivity contribution in [2.45, 2.75) is 44.7 Å². The van der Waals surface area contributed by atoms with Crippen LogP contribution in [0, 0.1) is 0 Å². The smallest absolute Gasteiger partial charge is 0.234 e. The zero-order valence-corrected chi connectivity index (χ0v) is 11.5. The highest BCUT2D eigenvalue weighted by molar-refractivity contribution is 5.41. The highest BCUT2D eigenvalue weighted by Crippen LogP contribution is 2.29. The molecule has 1 N–H and O–H groups in total. The fourth-order valence-corrected chi connectivity index (χ4v) is 3.23. The van der Waals surface area contributed by atoms with E-state index in [9.17, 15) is 0 Å². The van der Waals surface area contributed by atoms with E-state index in [1.165, 1.54) is 25.7 Å². The van der Waals surface area contributed by atoms with Crippen molar-refractivity contribution in [2.24, 2.45) is 0 Å². The van der Waals surface area contributed by atoms with Crippen LogP contribution in [0.5, 0.6) is 5.88 Å². The molecule has 0 aromatic carbocycles. The van der Waals surface area contributed by atoms with Crippen LogP contribution in [0.25, 0.3) is 0 Å². The maximum absolute atomic E-state index is 5.45. The molecule has 3 heterocycles. The lowest BCUT2D eigenvalue weighted by Crippen LogP contribution is -2.44. The number of hydrogen-bond donors (Lipinski definition) is 1. The Balaban J connectivity index is 1.77. The van der Waals surface area contributed by atoms with Crippen LogP contribution in [-0.4, -0.2) is 41.7 Å². The first kappa shape index (κ1) is 12.7. The molecule has 0 spiro atoms. The second-order valence-electron chi connectivity index (χ2n) is 5.25. The molecule has 5 nitrogen and oxygen atoms in total. The van der Waals surface area contributed by atoms with Crippen LogP contribution in [0.2, 0.25) is 0 Å². The standard InChI is InChI=1S/C14H22N4O/c1-2-19-14-10-15-9-13(17-14)18-8-4-6-12(18)11-5-3-7-16-11/h9-12,16H,2-8H2,1H3. The highest BCUT2D eigenvalue weighted by atomic mass is 16.5. The van der Waals surface area contributed by atoms with Crippen LogP contribution < -0.4 is 15.0 Å². The molecule has 2 aliphatic heterocycles. The monoisotopic (exact) mass is 262 g/mol. The molecule has 0 radical (unpaired) electrons. The van der Waals surface area contributed by atoms with E-state index in [1.807, 2.05) is 13.1 Å². The van der Waals surface area contributed by atoms with E-state index in [1.54, 1.807) is 6.20 Å². The summed E-state index contributed by atoms with van der Waals surface area (Å²) in [5, 5.41) is 3.62. The Labute approximate surface area is 114 Å². The molecule has 19 heavy (non-hydrogen) atoms. The summed E-state index contributed by atoms with van der Waals surface area (Å²) in [4.78, 5) is 11.2. The fourth-order valence-electron chi connectivity index (χ4n) is 3.23. The van der Waals surface area contributed by atoms with Gasteiger partial charge in [0.1, 0.15) is 0 Å². The van der Waals surface area contributed by atoms with Crippen molar-refractivity contribution in [1.29, 1.82) is 0 Å². The van der Waals surface area contributed by atoms with Gasteiger partial charge in [0.05, 0.1) is 19.0 Å². The Morgan fingerprint density at radius 2 is 2.32 bits per heavy atom. The Kier molecular flexibility index (Phi) is 3.82. The Hall–Kier alpha value is -1.36. The van der Waals surface area contributed by atoms with Gasteiger partial charge in [-0.2, -0.15) is 4.98 Å². The third-order valence-electron chi connectivity index (χ3n) is 4.05. The molecule has 2 fully saturated rings. The van der Waals surface area contributed by atoms with Gasteiger partial charge < -0.3 is 15.0 Å². The van der Waals surface area contributed by atoms with E-state index < -0.39 is 0 Å². The van der Waals surface area contributed by atoms with Gasteiger partial charge in [-0.25, -0.2) is 0 Å². The van der Waals surface area contributed by atoms with Crippen LogP contribution in [0.4, 0.5) is 5.82 Å². The van der Waals surface area contributed by atoms with Crippen LogP contribution in [0.3, 0.4) is 0 Å². The van der Waals surface area contributed by atoms with Crippen LogP contribution in [0.15, 0.2) is 12.4 Å². The Morgan fingerprint density at radius 1 is 1.37 bits per heavy atom.